The second-order valence-corrected chi connectivity index (χ2v) is 3.74. The van der Waals surface area contributed by atoms with Gasteiger partial charge in [-0.1, -0.05) is 15.9 Å². The van der Waals surface area contributed by atoms with E-state index in [-0.39, 0.29) is 12.0 Å². The maximum atomic E-state index is 12.2. The zero-order chi connectivity index (χ0) is 13.1. The van der Waals surface area contributed by atoms with E-state index >= 15 is 0 Å². The molecule has 0 aliphatic heterocycles. The molecule has 17 heavy (non-hydrogen) atoms. The van der Waals surface area contributed by atoms with Gasteiger partial charge in [0, 0.05) is 16.6 Å². The first kappa shape index (κ1) is 13.8. The summed E-state index contributed by atoms with van der Waals surface area (Å²) in [5, 5.41) is 8.95. The second kappa shape index (κ2) is 5.36. The largest absolute Gasteiger partial charge is 0.573 e. The molecule has 0 unspecified atom stereocenters. The molecule has 0 saturated heterocycles. The van der Waals surface area contributed by atoms with E-state index in [1.807, 2.05) is 6.07 Å². The van der Waals surface area contributed by atoms with Gasteiger partial charge in [0.05, 0.1) is 18.7 Å². The van der Waals surface area contributed by atoms with Crippen molar-refractivity contribution in [3.63, 3.8) is 0 Å². The molecule has 1 aromatic rings. The van der Waals surface area contributed by atoms with Crippen LogP contribution in [-0.2, 0) is 11.8 Å². The molecule has 0 saturated carbocycles. The fourth-order valence-corrected chi connectivity index (χ4v) is 2.09. The third kappa shape index (κ3) is 3.60. The molecule has 0 aromatic carbocycles. The molecule has 1 aromatic heterocycles. The summed E-state index contributed by atoms with van der Waals surface area (Å²) in [6, 6.07) is 1.82. The molecule has 1 heterocycles. The average molecular weight is 309 g/mol. The van der Waals surface area contributed by atoms with Crippen LogP contribution in [0.1, 0.15) is 16.8 Å². The number of nitrogens with zero attached hydrogens (tertiary/aromatic N) is 2. The van der Waals surface area contributed by atoms with Gasteiger partial charge in [-0.15, -0.1) is 13.2 Å². The zero-order valence-electron chi connectivity index (χ0n) is 8.81. The fourth-order valence-electron chi connectivity index (χ4n) is 1.34. The highest BCUT2D eigenvalue weighted by Gasteiger charge is 2.32. The Hall–Kier alpha value is -1.29. The van der Waals surface area contributed by atoms with E-state index in [1.165, 1.54) is 0 Å². The van der Waals surface area contributed by atoms with Gasteiger partial charge in [0.15, 0.2) is 5.75 Å². The van der Waals surface area contributed by atoms with Crippen molar-refractivity contribution in [3.05, 3.63) is 23.0 Å². The molecule has 0 radical (unpaired) electrons. The first-order valence-corrected chi connectivity index (χ1v) is 5.67. The number of hydrogen-bond acceptors (Lipinski definition) is 3. The summed E-state index contributed by atoms with van der Waals surface area (Å²) >= 11 is 3.16. The van der Waals surface area contributed by atoms with E-state index in [0.29, 0.717) is 16.6 Å². The number of nitriles is 1. The maximum absolute atomic E-state index is 12.2. The van der Waals surface area contributed by atoms with Crippen LogP contribution in [0, 0.1) is 18.3 Å². The molecular formula is C10H8BrF3N2O. The number of hydrogen-bond donors (Lipinski definition) is 0. The molecule has 0 aliphatic carbocycles. The van der Waals surface area contributed by atoms with Gasteiger partial charge in [0.1, 0.15) is 0 Å². The smallest absolute Gasteiger partial charge is 0.404 e. The van der Waals surface area contributed by atoms with Crippen LogP contribution in [0.5, 0.6) is 5.75 Å². The van der Waals surface area contributed by atoms with Crippen molar-refractivity contribution in [2.45, 2.75) is 25.0 Å². The lowest BCUT2D eigenvalue weighted by atomic mass is 10.1. The molecule has 0 atom stereocenters. The minimum Gasteiger partial charge on any atom is -0.404 e. The van der Waals surface area contributed by atoms with Crippen molar-refractivity contribution in [2.24, 2.45) is 0 Å². The van der Waals surface area contributed by atoms with Gasteiger partial charge in [-0.3, -0.25) is 4.98 Å². The van der Waals surface area contributed by atoms with Gasteiger partial charge in [-0.25, -0.2) is 0 Å². The number of aromatic nitrogens is 1. The van der Waals surface area contributed by atoms with E-state index in [2.05, 4.69) is 25.7 Å². The summed E-state index contributed by atoms with van der Waals surface area (Å²) in [5.74, 6) is -0.417. The van der Waals surface area contributed by atoms with Crippen LogP contribution in [0.25, 0.3) is 0 Å². The number of ether oxygens (including phenoxy) is 1. The molecule has 0 amide bonds. The molecule has 0 spiro atoms. The Morgan fingerprint density at radius 2 is 2.12 bits per heavy atom. The van der Waals surface area contributed by atoms with Gasteiger partial charge < -0.3 is 4.74 Å². The van der Waals surface area contributed by atoms with E-state index in [9.17, 15) is 13.2 Å². The lowest BCUT2D eigenvalue weighted by molar-refractivity contribution is -0.275. The standard InChI is InChI=1S/C10H8BrF3N2O/c1-6-8(4-11)7(2-3-15)9(5-16-6)17-10(12,13)14/h5H,2,4H2,1H3. The van der Waals surface area contributed by atoms with Gasteiger partial charge >= 0.3 is 6.36 Å². The molecule has 92 valence electrons. The van der Waals surface area contributed by atoms with Gasteiger partial charge in [-0.05, 0) is 12.5 Å². The summed E-state index contributed by atoms with van der Waals surface area (Å²) in [6.07, 6.45) is -3.96. The molecule has 0 fully saturated rings. The second-order valence-electron chi connectivity index (χ2n) is 3.18. The Morgan fingerprint density at radius 3 is 2.59 bits per heavy atom. The van der Waals surface area contributed by atoms with E-state index in [1.54, 1.807) is 6.92 Å². The summed E-state index contributed by atoms with van der Waals surface area (Å²) in [7, 11) is 0. The summed E-state index contributed by atoms with van der Waals surface area (Å²) < 4.78 is 40.3. The first-order valence-electron chi connectivity index (χ1n) is 4.55. The van der Waals surface area contributed by atoms with E-state index in [4.69, 9.17) is 5.26 Å². The minimum atomic E-state index is -4.79. The quantitative estimate of drug-likeness (QED) is 0.805. The van der Waals surface area contributed by atoms with Crippen LogP contribution >= 0.6 is 15.9 Å². The van der Waals surface area contributed by atoms with Crippen molar-refractivity contribution in [1.29, 1.82) is 5.26 Å². The molecule has 0 N–H and O–H groups in total. The van der Waals surface area contributed by atoms with E-state index < -0.39 is 12.1 Å². The number of aryl methyl sites for hydroxylation is 1. The lowest BCUT2D eigenvalue weighted by Crippen LogP contribution is -2.19. The highest BCUT2D eigenvalue weighted by Crippen LogP contribution is 2.30. The Labute approximate surface area is 104 Å². The van der Waals surface area contributed by atoms with Crippen LogP contribution in [0.2, 0.25) is 0 Å². The Morgan fingerprint density at radius 1 is 1.47 bits per heavy atom. The summed E-state index contributed by atoms with van der Waals surface area (Å²) in [4.78, 5) is 3.81. The van der Waals surface area contributed by atoms with Crippen LogP contribution in [0.4, 0.5) is 13.2 Å². The SMILES string of the molecule is Cc1ncc(OC(F)(F)F)c(CC#N)c1CBr. The van der Waals surface area contributed by atoms with Crippen LogP contribution in [0.15, 0.2) is 6.20 Å². The monoisotopic (exact) mass is 308 g/mol. The highest BCUT2D eigenvalue weighted by atomic mass is 79.9. The molecule has 1 rings (SSSR count). The molecule has 0 aliphatic rings. The molecular weight excluding hydrogens is 301 g/mol. The average Bonchev–Trinajstić information content (AvgIpc) is 2.21. The topological polar surface area (TPSA) is 45.9 Å². The van der Waals surface area contributed by atoms with Gasteiger partial charge in [-0.2, -0.15) is 5.26 Å². The van der Waals surface area contributed by atoms with Crippen LogP contribution < -0.4 is 4.74 Å². The number of pyridine rings is 1. The van der Waals surface area contributed by atoms with Crippen LogP contribution in [0.3, 0.4) is 0 Å². The third-order valence-corrected chi connectivity index (χ3v) is 2.65. The Balaban J connectivity index is 3.26. The van der Waals surface area contributed by atoms with E-state index in [0.717, 1.165) is 6.20 Å². The van der Waals surface area contributed by atoms with Crippen LogP contribution in [-0.4, -0.2) is 11.3 Å². The van der Waals surface area contributed by atoms with Gasteiger partial charge in [0.25, 0.3) is 0 Å². The Bertz CT molecular complexity index is 454. The van der Waals surface area contributed by atoms with Crippen molar-refractivity contribution in [1.82, 2.24) is 4.98 Å². The van der Waals surface area contributed by atoms with Gasteiger partial charge in [0.2, 0.25) is 0 Å². The number of halogens is 4. The maximum Gasteiger partial charge on any atom is 0.573 e. The fraction of sp³-hybridized carbons (Fsp3) is 0.400. The van der Waals surface area contributed by atoms with Crippen molar-refractivity contribution in [3.8, 4) is 11.8 Å². The Kier molecular flexibility index (Phi) is 4.34. The highest BCUT2D eigenvalue weighted by molar-refractivity contribution is 9.08. The normalized spacial score (nSPS) is 11.1. The third-order valence-electron chi connectivity index (χ3n) is 2.09. The molecule has 0 bridgehead atoms. The predicted molar refractivity (Wildman–Crippen MR) is 57.6 cm³/mol. The molecule has 3 nitrogen and oxygen atoms in total. The zero-order valence-corrected chi connectivity index (χ0v) is 10.4. The minimum absolute atomic E-state index is 0.157. The first-order chi connectivity index (χ1) is 7.89. The van der Waals surface area contributed by atoms with Crippen molar-refractivity contribution < 1.29 is 17.9 Å². The number of alkyl halides is 4. The van der Waals surface area contributed by atoms with Crippen molar-refractivity contribution in [2.75, 3.05) is 0 Å². The summed E-state index contributed by atoms with van der Waals surface area (Å²) in [6.45, 7) is 1.66. The van der Waals surface area contributed by atoms with Crippen molar-refractivity contribution >= 4 is 15.9 Å². The predicted octanol–water partition coefficient (Wildman–Crippen LogP) is 3.25. The number of rotatable bonds is 3. The molecule has 7 heteroatoms. The summed E-state index contributed by atoms with van der Waals surface area (Å²) in [5.41, 5.74) is 1.34. The lowest BCUT2D eigenvalue weighted by Gasteiger charge is -2.15.